The van der Waals surface area contributed by atoms with Crippen molar-refractivity contribution in [1.29, 1.82) is 0 Å². The molecule has 1 saturated carbocycles. The van der Waals surface area contributed by atoms with Gasteiger partial charge in [0.05, 0.1) is 0 Å². The van der Waals surface area contributed by atoms with E-state index < -0.39 is 0 Å². The first-order valence-electron chi connectivity index (χ1n) is 6.35. The molecule has 0 radical (unpaired) electrons. The van der Waals surface area contributed by atoms with Gasteiger partial charge in [-0.1, -0.05) is 26.2 Å². The van der Waals surface area contributed by atoms with Crippen LogP contribution < -0.4 is 5.32 Å². The Morgan fingerprint density at radius 3 is 2.56 bits per heavy atom. The summed E-state index contributed by atoms with van der Waals surface area (Å²) in [6.45, 7) is 2.28. The van der Waals surface area contributed by atoms with Crippen molar-refractivity contribution < 1.29 is 5.11 Å². The van der Waals surface area contributed by atoms with E-state index in [4.69, 9.17) is 0 Å². The number of aromatic hydroxyl groups is 1. The van der Waals surface area contributed by atoms with Gasteiger partial charge in [-0.2, -0.15) is 0 Å². The molecule has 2 N–H and O–H groups in total. The third-order valence-corrected chi connectivity index (χ3v) is 3.65. The zero-order valence-electron chi connectivity index (χ0n) is 9.95. The number of hydrogen-bond acceptors (Lipinski definition) is 2. The number of rotatable bonds is 3. The molecule has 1 fully saturated rings. The van der Waals surface area contributed by atoms with Crippen LogP contribution >= 0.6 is 0 Å². The molecule has 88 valence electrons. The fourth-order valence-electron chi connectivity index (χ4n) is 2.66. The van der Waals surface area contributed by atoms with Gasteiger partial charge in [-0.05, 0) is 43.0 Å². The van der Waals surface area contributed by atoms with Gasteiger partial charge in [-0.25, -0.2) is 0 Å². The summed E-state index contributed by atoms with van der Waals surface area (Å²) < 4.78 is 0. The molecule has 2 unspecified atom stereocenters. The molecule has 0 aliphatic heterocycles. The van der Waals surface area contributed by atoms with E-state index >= 15 is 0 Å². The Bertz CT molecular complexity index is 320. The molecule has 0 amide bonds. The van der Waals surface area contributed by atoms with Crippen LogP contribution in [0.4, 0.5) is 5.69 Å². The summed E-state index contributed by atoms with van der Waals surface area (Å²) in [6, 6.07) is 8.01. The van der Waals surface area contributed by atoms with Crippen LogP contribution in [-0.2, 0) is 0 Å². The number of hydrogen-bond donors (Lipinski definition) is 2. The second-order valence-corrected chi connectivity index (χ2v) is 4.75. The van der Waals surface area contributed by atoms with Crippen molar-refractivity contribution in [2.45, 2.75) is 45.1 Å². The third kappa shape index (κ3) is 2.69. The van der Waals surface area contributed by atoms with Gasteiger partial charge in [0.1, 0.15) is 5.75 Å². The molecule has 0 saturated heterocycles. The summed E-state index contributed by atoms with van der Waals surface area (Å²) in [6.07, 6.45) is 6.61. The predicted molar refractivity (Wildman–Crippen MR) is 67.8 cm³/mol. The molecule has 1 aliphatic carbocycles. The molecule has 0 bridgehead atoms. The number of anilines is 1. The summed E-state index contributed by atoms with van der Waals surface area (Å²) in [5, 5.41) is 12.8. The quantitative estimate of drug-likeness (QED) is 0.758. The fraction of sp³-hybridized carbons (Fsp3) is 0.571. The van der Waals surface area contributed by atoms with Gasteiger partial charge in [-0.3, -0.25) is 0 Å². The van der Waals surface area contributed by atoms with Crippen molar-refractivity contribution in [3.63, 3.8) is 0 Å². The Morgan fingerprint density at radius 2 is 1.88 bits per heavy atom. The smallest absolute Gasteiger partial charge is 0.115 e. The van der Waals surface area contributed by atoms with Crippen molar-refractivity contribution in [2.24, 2.45) is 5.92 Å². The Balaban J connectivity index is 1.99. The summed E-state index contributed by atoms with van der Waals surface area (Å²) in [7, 11) is 0. The normalized spacial score (nSPS) is 25.3. The highest BCUT2D eigenvalue weighted by Gasteiger charge is 2.23. The van der Waals surface area contributed by atoms with Gasteiger partial charge in [-0.15, -0.1) is 0 Å². The maximum absolute atomic E-state index is 9.23. The topological polar surface area (TPSA) is 32.3 Å². The summed E-state index contributed by atoms with van der Waals surface area (Å²) in [4.78, 5) is 0. The van der Waals surface area contributed by atoms with Gasteiger partial charge < -0.3 is 10.4 Å². The van der Waals surface area contributed by atoms with Crippen LogP contribution in [0.1, 0.15) is 39.0 Å². The van der Waals surface area contributed by atoms with Crippen molar-refractivity contribution in [3.05, 3.63) is 24.3 Å². The standard InChI is InChI=1S/C14H21NO/c1-2-11-5-3-4-6-14(11)15-12-7-9-13(16)10-8-12/h7-11,14-16H,2-6H2,1H3. The molecule has 1 aromatic rings. The van der Waals surface area contributed by atoms with Gasteiger partial charge in [0.25, 0.3) is 0 Å². The summed E-state index contributed by atoms with van der Waals surface area (Å²) in [5.41, 5.74) is 1.13. The Hall–Kier alpha value is -1.18. The van der Waals surface area contributed by atoms with Crippen molar-refractivity contribution in [2.75, 3.05) is 5.32 Å². The van der Waals surface area contributed by atoms with Crippen LogP contribution in [0.15, 0.2) is 24.3 Å². The lowest BCUT2D eigenvalue weighted by Gasteiger charge is -2.32. The fourth-order valence-corrected chi connectivity index (χ4v) is 2.66. The molecule has 2 nitrogen and oxygen atoms in total. The van der Waals surface area contributed by atoms with Crippen molar-refractivity contribution in [1.82, 2.24) is 0 Å². The lowest BCUT2D eigenvalue weighted by Crippen LogP contribution is -2.31. The van der Waals surface area contributed by atoms with E-state index in [2.05, 4.69) is 12.2 Å². The molecule has 0 heterocycles. The van der Waals surface area contributed by atoms with Crippen LogP contribution in [-0.4, -0.2) is 11.1 Å². The molecule has 1 aromatic carbocycles. The molecule has 1 aliphatic rings. The molecular formula is C14H21NO. The highest BCUT2D eigenvalue weighted by Crippen LogP contribution is 2.29. The lowest BCUT2D eigenvalue weighted by molar-refractivity contribution is 0.317. The summed E-state index contributed by atoms with van der Waals surface area (Å²) in [5.74, 6) is 1.14. The molecule has 2 rings (SSSR count). The third-order valence-electron chi connectivity index (χ3n) is 3.65. The van der Waals surface area contributed by atoms with E-state index in [1.807, 2.05) is 12.1 Å². The first kappa shape index (κ1) is 11.3. The molecule has 0 aromatic heterocycles. The average Bonchev–Trinajstić information content (AvgIpc) is 2.33. The second kappa shape index (κ2) is 5.24. The maximum atomic E-state index is 9.23. The largest absolute Gasteiger partial charge is 0.508 e. The first-order chi connectivity index (χ1) is 7.79. The van der Waals surface area contributed by atoms with E-state index in [1.54, 1.807) is 12.1 Å². The van der Waals surface area contributed by atoms with E-state index in [0.29, 0.717) is 11.8 Å². The van der Waals surface area contributed by atoms with Crippen LogP contribution in [0.3, 0.4) is 0 Å². The van der Waals surface area contributed by atoms with Gasteiger partial charge >= 0.3 is 0 Å². The van der Waals surface area contributed by atoms with Crippen LogP contribution in [0.25, 0.3) is 0 Å². The van der Waals surface area contributed by atoms with Gasteiger partial charge in [0.15, 0.2) is 0 Å². The first-order valence-corrected chi connectivity index (χ1v) is 6.35. The second-order valence-electron chi connectivity index (χ2n) is 4.75. The maximum Gasteiger partial charge on any atom is 0.115 e. The van der Waals surface area contributed by atoms with Crippen molar-refractivity contribution >= 4 is 5.69 Å². The minimum absolute atomic E-state index is 0.334. The lowest BCUT2D eigenvalue weighted by atomic mass is 9.83. The predicted octanol–water partition coefficient (Wildman–Crippen LogP) is 3.77. The molecular weight excluding hydrogens is 198 g/mol. The number of nitrogens with one attached hydrogen (secondary N) is 1. The van der Waals surface area contributed by atoms with E-state index in [9.17, 15) is 5.11 Å². The van der Waals surface area contributed by atoms with E-state index in [-0.39, 0.29) is 0 Å². The zero-order valence-corrected chi connectivity index (χ0v) is 9.95. The Kier molecular flexibility index (Phi) is 3.70. The van der Waals surface area contributed by atoms with Crippen LogP contribution in [0.2, 0.25) is 0 Å². The molecule has 2 atom stereocenters. The van der Waals surface area contributed by atoms with Crippen LogP contribution in [0.5, 0.6) is 5.75 Å². The zero-order chi connectivity index (χ0) is 11.4. The minimum atomic E-state index is 0.334. The highest BCUT2D eigenvalue weighted by molar-refractivity contribution is 5.46. The van der Waals surface area contributed by atoms with E-state index in [0.717, 1.165) is 11.6 Å². The SMILES string of the molecule is CCC1CCCCC1Nc1ccc(O)cc1. The molecule has 16 heavy (non-hydrogen) atoms. The molecule has 0 spiro atoms. The summed E-state index contributed by atoms with van der Waals surface area (Å²) >= 11 is 0. The average molecular weight is 219 g/mol. The van der Waals surface area contributed by atoms with Crippen LogP contribution in [0, 0.1) is 5.92 Å². The number of benzene rings is 1. The molecule has 2 heteroatoms. The Labute approximate surface area is 97.7 Å². The highest BCUT2D eigenvalue weighted by atomic mass is 16.3. The number of phenols is 1. The van der Waals surface area contributed by atoms with Gasteiger partial charge in [0, 0.05) is 11.7 Å². The monoisotopic (exact) mass is 219 g/mol. The minimum Gasteiger partial charge on any atom is -0.508 e. The van der Waals surface area contributed by atoms with Crippen molar-refractivity contribution in [3.8, 4) is 5.75 Å². The van der Waals surface area contributed by atoms with Gasteiger partial charge in [0.2, 0.25) is 0 Å². The Morgan fingerprint density at radius 1 is 1.19 bits per heavy atom. The number of phenolic OH excluding ortho intramolecular Hbond substituents is 1. The van der Waals surface area contributed by atoms with E-state index in [1.165, 1.54) is 32.1 Å².